The van der Waals surface area contributed by atoms with Gasteiger partial charge in [0.15, 0.2) is 0 Å². The first-order chi connectivity index (χ1) is 12.4. The van der Waals surface area contributed by atoms with Crippen molar-refractivity contribution < 1.29 is 9.59 Å². The van der Waals surface area contributed by atoms with Crippen molar-refractivity contribution >= 4 is 58.5 Å². The molecule has 0 bridgehead atoms. The highest BCUT2D eigenvalue weighted by Gasteiger charge is 2.09. The maximum absolute atomic E-state index is 12.0. The largest absolute Gasteiger partial charge is 0.326 e. The fraction of sp³-hybridized carbons (Fsp3) is 0.167. The van der Waals surface area contributed by atoms with Crippen LogP contribution in [0.2, 0.25) is 15.1 Å². The number of amides is 2. The maximum Gasteiger partial charge on any atom is 0.240 e. The van der Waals surface area contributed by atoms with Crippen LogP contribution in [0, 0.1) is 6.92 Å². The lowest BCUT2D eigenvalue weighted by molar-refractivity contribution is -0.124. The van der Waals surface area contributed by atoms with E-state index in [0.717, 1.165) is 5.56 Å². The Labute approximate surface area is 166 Å². The van der Waals surface area contributed by atoms with E-state index >= 15 is 0 Å². The number of carbonyl (C=O) groups is 2. The van der Waals surface area contributed by atoms with Gasteiger partial charge in [-0.25, -0.2) is 5.43 Å². The SMILES string of the molecule is Cc1c(Cl)cccc1NC(=O)CCC(=O)NN=Cc1c(Cl)cccc1Cl. The Hall–Kier alpha value is -2.08. The van der Waals surface area contributed by atoms with Crippen molar-refractivity contribution in [3.05, 3.63) is 62.6 Å². The van der Waals surface area contributed by atoms with Crippen LogP contribution in [0.15, 0.2) is 41.5 Å². The van der Waals surface area contributed by atoms with Gasteiger partial charge < -0.3 is 5.32 Å². The standard InChI is InChI=1S/C18H16Cl3N3O2/c1-11-13(19)4-3-7-16(11)23-17(25)8-9-18(26)24-22-10-12-14(20)5-2-6-15(12)21/h2-7,10H,8-9H2,1H3,(H,23,25)(H,24,26). The second-order valence-electron chi connectivity index (χ2n) is 5.39. The van der Waals surface area contributed by atoms with Gasteiger partial charge in [0.2, 0.25) is 11.8 Å². The highest BCUT2D eigenvalue weighted by molar-refractivity contribution is 6.38. The van der Waals surface area contributed by atoms with Gasteiger partial charge in [0.05, 0.1) is 16.3 Å². The molecule has 0 unspecified atom stereocenters. The number of anilines is 1. The Balaban J connectivity index is 1.82. The van der Waals surface area contributed by atoms with E-state index in [2.05, 4.69) is 15.8 Å². The number of rotatable bonds is 6. The number of nitrogens with one attached hydrogen (secondary N) is 2. The Morgan fingerprint density at radius 2 is 1.54 bits per heavy atom. The molecule has 0 aliphatic heterocycles. The van der Waals surface area contributed by atoms with Crippen LogP contribution in [0.25, 0.3) is 0 Å². The predicted molar refractivity (Wildman–Crippen MR) is 106 cm³/mol. The lowest BCUT2D eigenvalue weighted by atomic mass is 10.2. The number of benzene rings is 2. The van der Waals surface area contributed by atoms with Crippen LogP contribution < -0.4 is 10.7 Å². The summed E-state index contributed by atoms with van der Waals surface area (Å²) in [7, 11) is 0. The molecule has 5 nitrogen and oxygen atoms in total. The van der Waals surface area contributed by atoms with Crippen molar-refractivity contribution in [2.75, 3.05) is 5.32 Å². The molecule has 0 aromatic heterocycles. The Kier molecular flexibility index (Phi) is 7.45. The summed E-state index contributed by atoms with van der Waals surface area (Å²) in [5, 5.41) is 7.94. The lowest BCUT2D eigenvalue weighted by Gasteiger charge is -2.09. The highest BCUT2D eigenvalue weighted by Crippen LogP contribution is 2.23. The maximum atomic E-state index is 12.0. The van der Waals surface area contributed by atoms with E-state index in [0.29, 0.717) is 26.3 Å². The molecule has 0 aliphatic carbocycles. The average Bonchev–Trinajstić information content (AvgIpc) is 2.60. The molecule has 0 saturated heterocycles. The van der Waals surface area contributed by atoms with E-state index in [1.807, 2.05) is 0 Å². The minimum Gasteiger partial charge on any atom is -0.326 e. The van der Waals surface area contributed by atoms with E-state index in [9.17, 15) is 9.59 Å². The van der Waals surface area contributed by atoms with E-state index in [1.54, 1.807) is 43.3 Å². The van der Waals surface area contributed by atoms with Crippen molar-refractivity contribution in [2.24, 2.45) is 5.10 Å². The third kappa shape index (κ3) is 5.73. The minimum atomic E-state index is -0.401. The first-order valence-corrected chi connectivity index (χ1v) is 8.82. The molecule has 0 radical (unpaired) electrons. The van der Waals surface area contributed by atoms with Gasteiger partial charge in [-0.15, -0.1) is 0 Å². The van der Waals surface area contributed by atoms with E-state index in [-0.39, 0.29) is 18.7 Å². The monoisotopic (exact) mass is 411 g/mol. The average molecular weight is 413 g/mol. The molecule has 0 heterocycles. The Morgan fingerprint density at radius 3 is 2.23 bits per heavy atom. The van der Waals surface area contributed by atoms with Crippen LogP contribution in [0.3, 0.4) is 0 Å². The summed E-state index contributed by atoms with van der Waals surface area (Å²) in [6.45, 7) is 1.80. The first kappa shape index (κ1) is 20.2. The topological polar surface area (TPSA) is 70.6 Å². The van der Waals surface area contributed by atoms with Crippen molar-refractivity contribution in [2.45, 2.75) is 19.8 Å². The smallest absolute Gasteiger partial charge is 0.240 e. The molecule has 0 atom stereocenters. The first-order valence-electron chi connectivity index (χ1n) is 7.69. The van der Waals surface area contributed by atoms with Gasteiger partial charge in [-0.1, -0.05) is 46.9 Å². The normalized spacial score (nSPS) is 10.8. The molecule has 2 aromatic rings. The third-order valence-electron chi connectivity index (χ3n) is 3.50. The Bertz CT molecular complexity index is 833. The van der Waals surface area contributed by atoms with E-state index in [1.165, 1.54) is 6.21 Å². The summed E-state index contributed by atoms with van der Waals surface area (Å²) < 4.78 is 0. The summed E-state index contributed by atoms with van der Waals surface area (Å²) in [6.07, 6.45) is 1.36. The van der Waals surface area contributed by atoms with Gasteiger partial charge in [-0.2, -0.15) is 5.10 Å². The molecule has 26 heavy (non-hydrogen) atoms. The summed E-state index contributed by atoms with van der Waals surface area (Å²) in [6, 6.07) is 10.3. The fourth-order valence-electron chi connectivity index (χ4n) is 2.04. The number of carbonyl (C=O) groups excluding carboxylic acids is 2. The van der Waals surface area contributed by atoms with Gasteiger partial charge in [0.1, 0.15) is 0 Å². The van der Waals surface area contributed by atoms with Gasteiger partial charge in [-0.3, -0.25) is 9.59 Å². The number of nitrogens with zero attached hydrogens (tertiary/aromatic N) is 1. The number of halogens is 3. The van der Waals surface area contributed by atoms with E-state index in [4.69, 9.17) is 34.8 Å². The highest BCUT2D eigenvalue weighted by atomic mass is 35.5. The van der Waals surface area contributed by atoms with Crippen LogP contribution in [0.4, 0.5) is 5.69 Å². The zero-order valence-electron chi connectivity index (χ0n) is 13.9. The predicted octanol–water partition coefficient (Wildman–Crippen LogP) is 4.82. The molecule has 0 saturated carbocycles. The quantitative estimate of drug-likeness (QED) is 0.527. The molecule has 0 spiro atoms. The summed E-state index contributed by atoms with van der Waals surface area (Å²) in [4.78, 5) is 23.7. The summed E-state index contributed by atoms with van der Waals surface area (Å²) in [5.41, 5.74) is 4.23. The zero-order valence-corrected chi connectivity index (χ0v) is 16.1. The second-order valence-corrected chi connectivity index (χ2v) is 6.61. The molecular formula is C18H16Cl3N3O2. The minimum absolute atomic E-state index is 0.0140. The number of hydrazone groups is 1. The lowest BCUT2D eigenvalue weighted by Crippen LogP contribution is -2.21. The van der Waals surface area contributed by atoms with Gasteiger partial charge in [0, 0.05) is 29.1 Å². The van der Waals surface area contributed by atoms with Crippen molar-refractivity contribution in [3.63, 3.8) is 0 Å². The van der Waals surface area contributed by atoms with Crippen molar-refractivity contribution in [3.8, 4) is 0 Å². The molecule has 8 heteroatoms. The van der Waals surface area contributed by atoms with Crippen LogP contribution in [0.1, 0.15) is 24.0 Å². The molecular weight excluding hydrogens is 397 g/mol. The van der Waals surface area contributed by atoms with Crippen LogP contribution in [-0.2, 0) is 9.59 Å². The van der Waals surface area contributed by atoms with Crippen LogP contribution >= 0.6 is 34.8 Å². The molecule has 0 aliphatic rings. The number of hydrogen-bond donors (Lipinski definition) is 2. The van der Waals surface area contributed by atoms with Crippen molar-refractivity contribution in [1.82, 2.24) is 5.43 Å². The van der Waals surface area contributed by atoms with Gasteiger partial charge in [-0.05, 0) is 36.8 Å². The van der Waals surface area contributed by atoms with Crippen LogP contribution in [0.5, 0.6) is 0 Å². The van der Waals surface area contributed by atoms with Crippen LogP contribution in [-0.4, -0.2) is 18.0 Å². The van der Waals surface area contributed by atoms with Crippen molar-refractivity contribution in [1.29, 1.82) is 0 Å². The van der Waals surface area contributed by atoms with E-state index < -0.39 is 5.91 Å². The second kappa shape index (κ2) is 9.57. The molecule has 2 aromatic carbocycles. The summed E-state index contributed by atoms with van der Waals surface area (Å²) in [5.74, 6) is -0.689. The Morgan fingerprint density at radius 1 is 0.962 bits per heavy atom. The zero-order chi connectivity index (χ0) is 19.1. The fourth-order valence-corrected chi connectivity index (χ4v) is 2.71. The molecule has 2 N–H and O–H groups in total. The molecule has 136 valence electrons. The molecule has 2 amide bonds. The van der Waals surface area contributed by atoms with Gasteiger partial charge in [0.25, 0.3) is 0 Å². The molecule has 0 fully saturated rings. The third-order valence-corrected chi connectivity index (χ3v) is 4.57. The van der Waals surface area contributed by atoms with Gasteiger partial charge >= 0.3 is 0 Å². The summed E-state index contributed by atoms with van der Waals surface area (Å²) >= 11 is 18.0. The number of hydrogen-bond acceptors (Lipinski definition) is 3. The molecule has 2 rings (SSSR count).